The Morgan fingerprint density at radius 2 is 1.88 bits per heavy atom. The van der Waals surface area contributed by atoms with Gasteiger partial charge < -0.3 is 14.5 Å². The number of piperidine rings is 1. The van der Waals surface area contributed by atoms with E-state index in [-0.39, 0.29) is 11.8 Å². The molecule has 1 aromatic carbocycles. The summed E-state index contributed by atoms with van der Waals surface area (Å²) < 4.78 is 33.8. The second-order valence-corrected chi connectivity index (χ2v) is 11.4. The molecular formula is C25H41N3O4S. The van der Waals surface area contributed by atoms with E-state index >= 15 is 0 Å². The molecule has 2 fully saturated rings. The average Bonchev–Trinajstić information content (AvgIpc) is 2.84. The van der Waals surface area contributed by atoms with Crippen LogP contribution in [-0.2, 0) is 14.8 Å². The van der Waals surface area contributed by atoms with E-state index in [4.69, 9.17) is 4.74 Å². The zero-order chi connectivity index (χ0) is 24.0. The second-order valence-electron chi connectivity index (χ2n) is 9.50. The van der Waals surface area contributed by atoms with Gasteiger partial charge >= 0.3 is 0 Å². The van der Waals surface area contributed by atoms with Crippen LogP contribution in [0.2, 0.25) is 0 Å². The second kappa shape index (κ2) is 11.6. The highest BCUT2D eigenvalue weighted by atomic mass is 32.2. The lowest BCUT2D eigenvalue weighted by molar-refractivity contribution is -0.136. The van der Waals surface area contributed by atoms with E-state index in [1.807, 2.05) is 4.90 Å². The number of carbonyl (C=O) groups is 1. The summed E-state index contributed by atoms with van der Waals surface area (Å²) in [7, 11) is -1.93. The molecule has 3 rings (SSSR count). The Balaban J connectivity index is 1.74. The highest BCUT2D eigenvalue weighted by Crippen LogP contribution is 2.34. The Morgan fingerprint density at radius 1 is 1.15 bits per heavy atom. The van der Waals surface area contributed by atoms with Gasteiger partial charge in [0.05, 0.1) is 17.7 Å². The molecule has 0 aromatic heterocycles. The van der Waals surface area contributed by atoms with Crippen LogP contribution in [0.1, 0.15) is 59.3 Å². The van der Waals surface area contributed by atoms with Crippen molar-refractivity contribution in [3.8, 4) is 5.75 Å². The minimum absolute atomic E-state index is 0.103. The van der Waals surface area contributed by atoms with E-state index < -0.39 is 10.0 Å². The number of rotatable bonds is 9. The third kappa shape index (κ3) is 6.01. The third-order valence-corrected chi connectivity index (χ3v) is 8.95. The molecule has 186 valence electrons. The number of piperazine rings is 1. The van der Waals surface area contributed by atoms with Crippen LogP contribution in [0.25, 0.3) is 0 Å². The number of carbonyl (C=O) groups excluding carboxylic acids is 1. The Hall–Kier alpha value is -1.80. The van der Waals surface area contributed by atoms with Crippen LogP contribution >= 0.6 is 0 Å². The molecule has 1 aromatic rings. The van der Waals surface area contributed by atoms with Crippen molar-refractivity contribution in [1.29, 1.82) is 0 Å². The predicted molar refractivity (Wildman–Crippen MR) is 132 cm³/mol. The monoisotopic (exact) mass is 479 g/mol. The van der Waals surface area contributed by atoms with Crippen LogP contribution in [0.15, 0.2) is 23.1 Å². The van der Waals surface area contributed by atoms with Crippen molar-refractivity contribution in [2.24, 2.45) is 11.8 Å². The summed E-state index contributed by atoms with van der Waals surface area (Å²) >= 11 is 0. The molecule has 0 N–H and O–H groups in total. The number of methoxy groups -OCH3 is 1. The van der Waals surface area contributed by atoms with Gasteiger partial charge in [0, 0.05) is 45.2 Å². The molecule has 0 radical (unpaired) electrons. The van der Waals surface area contributed by atoms with Crippen LogP contribution in [0, 0.1) is 11.8 Å². The molecule has 2 atom stereocenters. The van der Waals surface area contributed by atoms with Gasteiger partial charge in [-0.1, -0.05) is 33.6 Å². The third-order valence-electron chi connectivity index (χ3n) is 7.09. The summed E-state index contributed by atoms with van der Waals surface area (Å²) in [6.07, 6.45) is 5.98. The first kappa shape index (κ1) is 25.8. The Morgan fingerprint density at radius 3 is 2.48 bits per heavy atom. The van der Waals surface area contributed by atoms with Crippen molar-refractivity contribution in [2.75, 3.05) is 51.3 Å². The number of ether oxygens (including phenoxy) is 1. The van der Waals surface area contributed by atoms with E-state index in [1.54, 1.807) is 29.6 Å². The molecule has 2 aliphatic heterocycles. The van der Waals surface area contributed by atoms with E-state index in [0.29, 0.717) is 55.8 Å². The zero-order valence-corrected chi connectivity index (χ0v) is 21.6. The maximum Gasteiger partial charge on any atom is 0.243 e. The summed E-state index contributed by atoms with van der Waals surface area (Å²) in [6.45, 7) is 10.1. The summed E-state index contributed by atoms with van der Waals surface area (Å²) in [5, 5.41) is 0. The maximum atomic E-state index is 13.3. The van der Waals surface area contributed by atoms with Gasteiger partial charge in [0.2, 0.25) is 15.9 Å². The fraction of sp³-hybridized carbons (Fsp3) is 0.720. The van der Waals surface area contributed by atoms with E-state index in [0.717, 1.165) is 44.2 Å². The van der Waals surface area contributed by atoms with Crippen molar-refractivity contribution in [2.45, 2.75) is 64.2 Å². The normalized spacial score (nSPS) is 21.2. The van der Waals surface area contributed by atoms with E-state index in [9.17, 15) is 13.2 Å². The minimum Gasteiger partial charge on any atom is -0.495 e. The van der Waals surface area contributed by atoms with Gasteiger partial charge in [-0.2, -0.15) is 4.31 Å². The predicted octanol–water partition coefficient (Wildman–Crippen LogP) is 3.98. The van der Waals surface area contributed by atoms with Gasteiger partial charge in [-0.15, -0.1) is 0 Å². The topological polar surface area (TPSA) is 70.2 Å². The van der Waals surface area contributed by atoms with Crippen molar-refractivity contribution in [1.82, 2.24) is 9.21 Å². The highest BCUT2D eigenvalue weighted by Gasteiger charge is 2.31. The molecule has 0 aliphatic carbocycles. The number of hydrogen-bond acceptors (Lipinski definition) is 5. The molecule has 8 heteroatoms. The number of nitrogens with zero attached hydrogens (tertiary/aromatic N) is 3. The number of unbranched alkanes of at least 4 members (excludes halogenated alkanes) is 1. The molecule has 2 aliphatic rings. The molecule has 0 bridgehead atoms. The lowest BCUT2D eigenvalue weighted by atomic mass is 9.97. The summed E-state index contributed by atoms with van der Waals surface area (Å²) in [5.74, 6) is 1.40. The van der Waals surface area contributed by atoms with Gasteiger partial charge in [0.1, 0.15) is 5.75 Å². The fourth-order valence-electron chi connectivity index (χ4n) is 4.97. The van der Waals surface area contributed by atoms with Gasteiger partial charge in [0.15, 0.2) is 0 Å². The zero-order valence-electron chi connectivity index (χ0n) is 20.8. The number of anilines is 1. The largest absolute Gasteiger partial charge is 0.495 e. The number of benzene rings is 1. The lowest BCUT2D eigenvalue weighted by Gasteiger charge is -2.38. The molecule has 2 unspecified atom stereocenters. The van der Waals surface area contributed by atoms with Crippen LogP contribution in [0.4, 0.5) is 5.69 Å². The van der Waals surface area contributed by atoms with Crippen LogP contribution in [-0.4, -0.2) is 69.9 Å². The van der Waals surface area contributed by atoms with Crippen molar-refractivity contribution in [3.05, 3.63) is 18.2 Å². The first-order valence-corrected chi connectivity index (χ1v) is 14.0. The Bertz CT molecular complexity index is 897. The van der Waals surface area contributed by atoms with Gasteiger partial charge in [-0.3, -0.25) is 4.79 Å². The van der Waals surface area contributed by atoms with Crippen molar-refractivity contribution >= 4 is 21.6 Å². The molecule has 2 saturated heterocycles. The first-order chi connectivity index (χ1) is 15.8. The van der Waals surface area contributed by atoms with Gasteiger partial charge in [0.25, 0.3) is 0 Å². The fourth-order valence-corrected chi connectivity index (χ4v) is 6.59. The first-order valence-electron chi connectivity index (χ1n) is 12.5. The summed E-state index contributed by atoms with van der Waals surface area (Å²) in [5.41, 5.74) is 0.786. The minimum atomic E-state index is -3.54. The van der Waals surface area contributed by atoms with Crippen LogP contribution in [0.5, 0.6) is 5.75 Å². The molecular weight excluding hydrogens is 438 g/mol. The molecule has 7 nitrogen and oxygen atoms in total. The van der Waals surface area contributed by atoms with Crippen LogP contribution in [0.3, 0.4) is 0 Å². The molecule has 2 heterocycles. The Kier molecular flexibility index (Phi) is 9.04. The molecule has 0 saturated carbocycles. The van der Waals surface area contributed by atoms with Crippen molar-refractivity contribution < 1.29 is 17.9 Å². The van der Waals surface area contributed by atoms with Gasteiger partial charge in [-0.05, 0) is 49.8 Å². The number of sulfonamides is 1. The lowest BCUT2D eigenvalue weighted by Crippen LogP contribution is -2.50. The van der Waals surface area contributed by atoms with Crippen LogP contribution < -0.4 is 9.64 Å². The highest BCUT2D eigenvalue weighted by molar-refractivity contribution is 7.89. The quantitative estimate of drug-likeness (QED) is 0.536. The number of hydrogen-bond donors (Lipinski definition) is 0. The van der Waals surface area contributed by atoms with E-state index in [2.05, 4.69) is 25.7 Å². The number of amides is 1. The average molecular weight is 480 g/mol. The van der Waals surface area contributed by atoms with E-state index in [1.165, 1.54) is 0 Å². The molecule has 0 spiro atoms. The SMILES string of the molecule is CCCCC(CC)C(=O)N1CCN(c2cc(S(=O)(=O)N3CCCC(C)C3)ccc2OC)CC1. The standard InChI is InChI=1S/C25H41N3O4S/c1-5-7-10-21(6-2)25(29)27-16-14-26(15-17-27)23-18-22(11-12-24(23)32-4)33(30,31)28-13-8-9-20(3)19-28/h11-12,18,20-21H,5-10,13-17,19H2,1-4H3. The summed E-state index contributed by atoms with van der Waals surface area (Å²) in [4.78, 5) is 17.4. The smallest absolute Gasteiger partial charge is 0.243 e. The molecule has 33 heavy (non-hydrogen) atoms. The summed E-state index contributed by atoms with van der Waals surface area (Å²) in [6, 6.07) is 5.16. The maximum absolute atomic E-state index is 13.3. The van der Waals surface area contributed by atoms with Gasteiger partial charge in [-0.25, -0.2) is 8.42 Å². The Labute approximate surface area is 200 Å². The van der Waals surface area contributed by atoms with Crippen molar-refractivity contribution in [3.63, 3.8) is 0 Å². The molecule has 1 amide bonds.